The van der Waals surface area contributed by atoms with Crippen molar-refractivity contribution in [1.82, 2.24) is 25.1 Å². The zero-order valence-electron chi connectivity index (χ0n) is 13.1. The Morgan fingerprint density at radius 2 is 2.25 bits per heavy atom. The molecule has 0 unspecified atom stereocenters. The predicted octanol–water partition coefficient (Wildman–Crippen LogP) is 2.83. The van der Waals surface area contributed by atoms with Crippen molar-refractivity contribution in [2.24, 2.45) is 5.92 Å². The molecule has 0 spiro atoms. The lowest BCUT2D eigenvalue weighted by atomic mass is 9.94. The van der Waals surface area contributed by atoms with Gasteiger partial charge in [0.2, 0.25) is 5.91 Å². The number of hydrogen-bond acceptors (Lipinski definition) is 5. The summed E-state index contributed by atoms with van der Waals surface area (Å²) in [5.74, 6) is 0.774. The quantitative estimate of drug-likeness (QED) is 0.742. The Morgan fingerprint density at radius 3 is 3.04 bits per heavy atom. The van der Waals surface area contributed by atoms with Crippen LogP contribution in [-0.2, 0) is 11.3 Å². The van der Waals surface area contributed by atoms with Crippen molar-refractivity contribution in [3.05, 3.63) is 46.9 Å². The molecular formula is C17H17N5OS. The lowest BCUT2D eigenvalue weighted by Gasteiger charge is -2.16. The monoisotopic (exact) mass is 339 g/mol. The molecule has 0 radical (unpaired) electrons. The first-order valence-electron chi connectivity index (χ1n) is 7.98. The molecule has 1 aliphatic carbocycles. The van der Waals surface area contributed by atoms with Crippen LogP contribution in [0.4, 0.5) is 0 Å². The highest BCUT2D eigenvalue weighted by Crippen LogP contribution is 2.20. The van der Waals surface area contributed by atoms with Crippen molar-refractivity contribution < 1.29 is 4.79 Å². The molecule has 0 saturated carbocycles. The Labute approximate surface area is 143 Å². The first-order chi connectivity index (χ1) is 11.8. The molecule has 0 aliphatic heterocycles. The maximum Gasteiger partial charge on any atom is 0.223 e. The van der Waals surface area contributed by atoms with Gasteiger partial charge in [-0.1, -0.05) is 12.2 Å². The maximum atomic E-state index is 12.3. The Hall–Kier alpha value is -2.54. The second-order valence-corrected chi connectivity index (χ2v) is 6.60. The van der Waals surface area contributed by atoms with E-state index >= 15 is 0 Å². The lowest BCUT2D eigenvalue weighted by Crippen LogP contribution is -2.31. The number of carbonyl (C=O) groups is 1. The molecule has 0 bridgehead atoms. The summed E-state index contributed by atoms with van der Waals surface area (Å²) < 4.78 is 1.70. The van der Waals surface area contributed by atoms with Crippen molar-refractivity contribution in [3.63, 3.8) is 0 Å². The van der Waals surface area contributed by atoms with E-state index in [0.29, 0.717) is 18.0 Å². The molecule has 0 saturated heterocycles. The minimum Gasteiger partial charge on any atom is -0.348 e. The van der Waals surface area contributed by atoms with Crippen LogP contribution in [0.15, 0.2) is 41.1 Å². The summed E-state index contributed by atoms with van der Waals surface area (Å²) in [5, 5.41) is 19.9. The van der Waals surface area contributed by atoms with E-state index in [9.17, 15) is 4.79 Å². The topological polar surface area (TPSA) is 72.2 Å². The van der Waals surface area contributed by atoms with Gasteiger partial charge in [-0.15, -0.1) is 10.2 Å². The van der Waals surface area contributed by atoms with E-state index < -0.39 is 0 Å². The Bertz CT molecular complexity index is 884. The van der Waals surface area contributed by atoms with Crippen LogP contribution in [0.3, 0.4) is 0 Å². The predicted molar refractivity (Wildman–Crippen MR) is 92.4 cm³/mol. The number of hydrogen-bond donors (Lipinski definition) is 1. The van der Waals surface area contributed by atoms with E-state index in [2.05, 4.69) is 38.1 Å². The third-order valence-corrected chi connectivity index (χ3v) is 4.89. The number of fused-ring (bicyclic) bond motifs is 1. The van der Waals surface area contributed by atoms with Gasteiger partial charge in [-0.05, 0) is 42.8 Å². The summed E-state index contributed by atoms with van der Waals surface area (Å²) in [5.41, 5.74) is 2.62. The van der Waals surface area contributed by atoms with Gasteiger partial charge >= 0.3 is 0 Å². The molecule has 7 heteroatoms. The Morgan fingerprint density at radius 1 is 1.29 bits per heavy atom. The van der Waals surface area contributed by atoms with Crippen LogP contribution in [0.25, 0.3) is 16.9 Å². The first-order valence-corrected chi connectivity index (χ1v) is 8.92. The highest BCUT2D eigenvalue weighted by Gasteiger charge is 2.19. The highest BCUT2D eigenvalue weighted by molar-refractivity contribution is 7.08. The maximum absolute atomic E-state index is 12.3. The van der Waals surface area contributed by atoms with Crippen molar-refractivity contribution in [3.8, 4) is 11.3 Å². The summed E-state index contributed by atoms with van der Waals surface area (Å²) >= 11 is 1.63. The number of thiophene rings is 1. The number of nitrogens with one attached hydrogen (secondary N) is 1. The first kappa shape index (κ1) is 15.0. The van der Waals surface area contributed by atoms with Gasteiger partial charge < -0.3 is 5.32 Å². The third kappa shape index (κ3) is 2.94. The molecule has 0 aromatic carbocycles. The van der Waals surface area contributed by atoms with Crippen molar-refractivity contribution in [2.45, 2.75) is 25.8 Å². The summed E-state index contributed by atoms with van der Waals surface area (Å²) in [4.78, 5) is 12.3. The van der Waals surface area contributed by atoms with Crippen LogP contribution in [-0.4, -0.2) is 25.7 Å². The molecule has 6 nitrogen and oxygen atoms in total. The molecule has 4 rings (SSSR count). The molecule has 1 N–H and O–H groups in total. The third-order valence-electron chi connectivity index (χ3n) is 4.20. The fourth-order valence-electron chi connectivity index (χ4n) is 2.85. The number of rotatable bonds is 4. The van der Waals surface area contributed by atoms with Crippen LogP contribution >= 0.6 is 11.3 Å². The zero-order valence-corrected chi connectivity index (χ0v) is 13.9. The van der Waals surface area contributed by atoms with E-state index in [4.69, 9.17) is 0 Å². The van der Waals surface area contributed by atoms with Crippen LogP contribution in [0.2, 0.25) is 0 Å². The fraction of sp³-hybridized carbons (Fsp3) is 0.294. The van der Waals surface area contributed by atoms with E-state index in [1.165, 1.54) is 0 Å². The summed E-state index contributed by atoms with van der Waals surface area (Å²) in [6.07, 6.45) is 6.90. The van der Waals surface area contributed by atoms with Gasteiger partial charge in [-0.25, -0.2) is 0 Å². The molecule has 24 heavy (non-hydrogen) atoms. The smallest absolute Gasteiger partial charge is 0.223 e. The van der Waals surface area contributed by atoms with Crippen LogP contribution in [0.5, 0.6) is 0 Å². The van der Waals surface area contributed by atoms with Gasteiger partial charge in [0, 0.05) is 16.9 Å². The highest BCUT2D eigenvalue weighted by atomic mass is 32.1. The lowest BCUT2D eigenvalue weighted by molar-refractivity contribution is -0.125. The van der Waals surface area contributed by atoms with E-state index in [0.717, 1.165) is 30.5 Å². The molecule has 3 aromatic heterocycles. The SMILES string of the molecule is O=C(NCc1nnc2ccc(-c3ccsc3)nn12)[C@H]1CC=CCC1. The molecular weight excluding hydrogens is 322 g/mol. The van der Waals surface area contributed by atoms with E-state index in [1.54, 1.807) is 15.9 Å². The second-order valence-electron chi connectivity index (χ2n) is 5.82. The van der Waals surface area contributed by atoms with Crippen LogP contribution < -0.4 is 5.32 Å². The van der Waals surface area contributed by atoms with Gasteiger partial charge in [0.1, 0.15) is 0 Å². The van der Waals surface area contributed by atoms with E-state index in [1.807, 2.05) is 23.6 Å². The second kappa shape index (κ2) is 6.52. The largest absolute Gasteiger partial charge is 0.348 e. The summed E-state index contributed by atoms with van der Waals surface area (Å²) in [6.45, 7) is 0.334. The molecule has 122 valence electrons. The van der Waals surface area contributed by atoms with Crippen molar-refractivity contribution >= 4 is 22.9 Å². The average molecular weight is 339 g/mol. The number of nitrogens with zero attached hydrogens (tertiary/aromatic N) is 4. The average Bonchev–Trinajstić information content (AvgIpc) is 3.30. The van der Waals surface area contributed by atoms with Gasteiger partial charge in [0.25, 0.3) is 0 Å². The van der Waals surface area contributed by atoms with Crippen LogP contribution in [0, 0.1) is 5.92 Å². The molecule has 0 fully saturated rings. The van der Waals surface area contributed by atoms with Crippen molar-refractivity contribution in [1.29, 1.82) is 0 Å². The molecule has 1 amide bonds. The summed E-state index contributed by atoms with van der Waals surface area (Å²) in [7, 11) is 0. The standard InChI is InChI=1S/C17H17N5OS/c23-17(12-4-2-1-3-5-12)18-10-16-20-19-15-7-6-14(21-22(15)16)13-8-9-24-11-13/h1-2,6-9,11-12H,3-5,10H2,(H,18,23)/t12-/m0/s1. The number of allylic oxidation sites excluding steroid dienone is 2. The fourth-order valence-corrected chi connectivity index (χ4v) is 3.50. The van der Waals surface area contributed by atoms with Gasteiger partial charge in [-0.2, -0.15) is 21.0 Å². The normalized spacial score (nSPS) is 17.2. The molecule has 3 aromatic rings. The zero-order chi connectivity index (χ0) is 16.4. The Kier molecular flexibility index (Phi) is 4.08. The van der Waals surface area contributed by atoms with E-state index in [-0.39, 0.29) is 11.8 Å². The Balaban J connectivity index is 1.52. The van der Waals surface area contributed by atoms with Crippen LogP contribution in [0.1, 0.15) is 25.1 Å². The molecule has 1 atom stereocenters. The number of carbonyl (C=O) groups excluding carboxylic acids is 1. The minimum absolute atomic E-state index is 0.0588. The van der Waals surface area contributed by atoms with Gasteiger partial charge in [0.15, 0.2) is 11.5 Å². The summed E-state index contributed by atoms with van der Waals surface area (Å²) in [6, 6.07) is 5.86. The van der Waals surface area contributed by atoms with Gasteiger partial charge in [-0.3, -0.25) is 4.79 Å². The minimum atomic E-state index is 0.0588. The van der Waals surface area contributed by atoms with Gasteiger partial charge in [0.05, 0.1) is 12.2 Å². The molecule has 3 heterocycles. The number of aromatic nitrogens is 4. The number of amides is 1. The van der Waals surface area contributed by atoms with Crippen molar-refractivity contribution in [2.75, 3.05) is 0 Å². The molecule has 1 aliphatic rings.